The first-order valence-corrected chi connectivity index (χ1v) is 10.2. The molecule has 2 fully saturated rings. The number of thioether (sulfide) groups is 1. The Kier molecular flexibility index (Phi) is 4.23. The van der Waals surface area contributed by atoms with E-state index < -0.39 is 12.2 Å². The number of benzene rings is 1. The largest absolute Gasteiger partial charge is 0.390 e. The van der Waals surface area contributed by atoms with Gasteiger partial charge in [0, 0.05) is 35.1 Å². The normalized spacial score (nSPS) is 30.0. The summed E-state index contributed by atoms with van der Waals surface area (Å²) < 4.78 is 1.84. The first kappa shape index (κ1) is 17.2. The number of aromatic nitrogens is 4. The van der Waals surface area contributed by atoms with Gasteiger partial charge in [-0.15, -0.1) is 22.0 Å². The van der Waals surface area contributed by atoms with Crippen LogP contribution in [0.4, 0.5) is 5.82 Å². The zero-order valence-corrected chi connectivity index (χ0v) is 15.8. The van der Waals surface area contributed by atoms with Gasteiger partial charge >= 0.3 is 0 Å². The fourth-order valence-electron chi connectivity index (χ4n) is 3.60. The van der Waals surface area contributed by atoms with Crippen molar-refractivity contribution in [3.63, 3.8) is 0 Å². The topological polar surface area (TPSA) is 95.6 Å². The second-order valence-electron chi connectivity index (χ2n) is 6.99. The van der Waals surface area contributed by atoms with Crippen LogP contribution in [0.3, 0.4) is 0 Å². The summed E-state index contributed by atoms with van der Waals surface area (Å²) in [6.07, 6.45) is 2.91. The van der Waals surface area contributed by atoms with E-state index in [9.17, 15) is 10.2 Å². The first-order valence-electron chi connectivity index (χ1n) is 8.81. The van der Waals surface area contributed by atoms with Crippen molar-refractivity contribution in [2.75, 3.05) is 11.1 Å². The monoisotopic (exact) mass is 403 g/mol. The average molecular weight is 404 g/mol. The lowest BCUT2D eigenvalue weighted by Crippen LogP contribution is -2.25. The highest BCUT2D eigenvalue weighted by Crippen LogP contribution is 2.44. The Morgan fingerprint density at radius 2 is 2.15 bits per heavy atom. The van der Waals surface area contributed by atoms with Gasteiger partial charge < -0.3 is 15.5 Å². The molecule has 5 atom stereocenters. The van der Waals surface area contributed by atoms with Gasteiger partial charge in [0.1, 0.15) is 0 Å². The molecule has 1 aliphatic heterocycles. The van der Waals surface area contributed by atoms with Crippen LogP contribution in [-0.2, 0) is 0 Å². The molecule has 1 saturated heterocycles. The summed E-state index contributed by atoms with van der Waals surface area (Å²) in [6, 6.07) is 8.21. The maximum atomic E-state index is 10.2. The molecule has 2 unspecified atom stereocenters. The van der Waals surface area contributed by atoms with Crippen molar-refractivity contribution in [2.24, 2.45) is 0 Å². The molecule has 0 bridgehead atoms. The number of anilines is 1. The van der Waals surface area contributed by atoms with Gasteiger partial charge in [-0.25, -0.2) is 4.98 Å². The molecule has 1 aromatic carbocycles. The SMILES string of the molecule is O[C@@H]1[C@H](O)CS[C@H]1c1nnc2c(NC3CC3c3cccc(Cl)c3)nccn12. The second kappa shape index (κ2) is 6.63. The molecule has 1 saturated carbocycles. The summed E-state index contributed by atoms with van der Waals surface area (Å²) in [6.45, 7) is 0. The third kappa shape index (κ3) is 3.06. The third-order valence-electron chi connectivity index (χ3n) is 5.15. The molecular weight excluding hydrogens is 386 g/mol. The van der Waals surface area contributed by atoms with Crippen molar-refractivity contribution in [3.8, 4) is 0 Å². The predicted molar refractivity (Wildman–Crippen MR) is 104 cm³/mol. The minimum Gasteiger partial charge on any atom is -0.390 e. The molecule has 5 rings (SSSR count). The van der Waals surface area contributed by atoms with Gasteiger partial charge in [0.05, 0.1) is 17.5 Å². The Balaban J connectivity index is 1.39. The Labute approximate surface area is 164 Å². The van der Waals surface area contributed by atoms with E-state index in [0.29, 0.717) is 29.0 Å². The first-order chi connectivity index (χ1) is 13.1. The lowest BCUT2D eigenvalue weighted by Gasteiger charge is -2.13. The fourth-order valence-corrected chi connectivity index (χ4v) is 5.09. The molecule has 140 valence electrons. The van der Waals surface area contributed by atoms with Crippen molar-refractivity contribution in [3.05, 3.63) is 53.1 Å². The highest BCUT2D eigenvalue weighted by atomic mass is 35.5. The maximum absolute atomic E-state index is 10.2. The van der Waals surface area contributed by atoms with Gasteiger partial charge in [-0.05, 0) is 24.1 Å². The lowest BCUT2D eigenvalue weighted by atomic mass is 10.1. The van der Waals surface area contributed by atoms with Crippen molar-refractivity contribution in [2.45, 2.75) is 35.8 Å². The molecule has 1 aliphatic carbocycles. The zero-order chi connectivity index (χ0) is 18.5. The number of rotatable bonds is 4. The lowest BCUT2D eigenvalue weighted by molar-refractivity contribution is 0.0404. The van der Waals surface area contributed by atoms with E-state index in [-0.39, 0.29) is 11.3 Å². The van der Waals surface area contributed by atoms with Gasteiger partial charge in [-0.2, -0.15) is 0 Å². The van der Waals surface area contributed by atoms with Crippen molar-refractivity contribution in [1.82, 2.24) is 19.6 Å². The molecule has 0 amide bonds. The molecule has 9 heteroatoms. The van der Waals surface area contributed by atoms with Crippen molar-refractivity contribution >= 4 is 34.8 Å². The van der Waals surface area contributed by atoms with Gasteiger partial charge in [0.15, 0.2) is 11.6 Å². The number of nitrogens with one attached hydrogen (secondary N) is 1. The summed E-state index contributed by atoms with van der Waals surface area (Å²) in [7, 11) is 0. The number of hydrogen-bond donors (Lipinski definition) is 3. The fraction of sp³-hybridized carbons (Fsp3) is 0.389. The van der Waals surface area contributed by atoms with E-state index in [1.807, 2.05) is 22.6 Å². The summed E-state index contributed by atoms with van der Waals surface area (Å²) >= 11 is 7.58. The molecular formula is C18H18ClN5O2S. The molecule has 27 heavy (non-hydrogen) atoms. The second-order valence-corrected chi connectivity index (χ2v) is 8.60. The Hall–Kier alpha value is -1.87. The van der Waals surface area contributed by atoms with Gasteiger partial charge in [0.2, 0.25) is 5.65 Å². The van der Waals surface area contributed by atoms with E-state index in [1.54, 1.807) is 12.4 Å². The highest BCUT2D eigenvalue weighted by Gasteiger charge is 2.40. The minimum atomic E-state index is -0.845. The quantitative estimate of drug-likeness (QED) is 0.614. The number of aliphatic hydroxyl groups is 2. The third-order valence-corrected chi connectivity index (χ3v) is 6.77. The van der Waals surface area contributed by atoms with Crippen LogP contribution >= 0.6 is 23.4 Å². The number of hydrogen-bond acceptors (Lipinski definition) is 7. The average Bonchev–Trinajstić information content (AvgIpc) is 3.17. The van der Waals surface area contributed by atoms with E-state index in [2.05, 4.69) is 26.6 Å². The molecule has 0 radical (unpaired) electrons. The number of fused-ring (bicyclic) bond motifs is 1. The van der Waals surface area contributed by atoms with Crippen LogP contribution in [-0.4, -0.2) is 53.8 Å². The number of aliphatic hydroxyl groups excluding tert-OH is 2. The van der Waals surface area contributed by atoms with Crippen LogP contribution in [0.25, 0.3) is 5.65 Å². The summed E-state index contributed by atoms with van der Waals surface area (Å²) in [4.78, 5) is 4.43. The summed E-state index contributed by atoms with van der Waals surface area (Å²) in [5, 5.41) is 32.5. The van der Waals surface area contributed by atoms with E-state index in [0.717, 1.165) is 11.4 Å². The molecule has 3 N–H and O–H groups in total. The van der Waals surface area contributed by atoms with Crippen molar-refractivity contribution < 1.29 is 10.2 Å². The van der Waals surface area contributed by atoms with E-state index in [4.69, 9.17) is 11.6 Å². The summed E-state index contributed by atoms with van der Waals surface area (Å²) in [5.41, 5.74) is 1.84. The maximum Gasteiger partial charge on any atom is 0.203 e. The number of nitrogens with zero attached hydrogens (tertiary/aromatic N) is 4. The van der Waals surface area contributed by atoms with Crippen LogP contribution in [0.2, 0.25) is 5.02 Å². The van der Waals surface area contributed by atoms with Gasteiger partial charge in [-0.1, -0.05) is 23.7 Å². The molecule has 2 aromatic heterocycles. The zero-order valence-electron chi connectivity index (χ0n) is 14.2. The van der Waals surface area contributed by atoms with Crippen LogP contribution in [0, 0.1) is 0 Å². The van der Waals surface area contributed by atoms with Crippen LogP contribution in [0.15, 0.2) is 36.7 Å². The molecule has 3 aromatic rings. The molecule has 3 heterocycles. The van der Waals surface area contributed by atoms with Crippen LogP contribution in [0.5, 0.6) is 0 Å². The smallest absolute Gasteiger partial charge is 0.203 e. The standard InChI is InChI=1S/C18H18ClN5O2S/c19-10-3-1-2-9(6-10)11-7-12(11)21-16-18-23-22-17(24(18)5-4-20-16)15-14(26)13(25)8-27-15/h1-6,11-15,25-26H,7-8H2,(H,20,21)/t11?,12?,13-,14-,15-/m1/s1. The Morgan fingerprint density at radius 3 is 2.93 bits per heavy atom. The van der Waals surface area contributed by atoms with Gasteiger partial charge in [-0.3, -0.25) is 4.40 Å². The van der Waals surface area contributed by atoms with E-state index >= 15 is 0 Å². The highest BCUT2D eigenvalue weighted by molar-refractivity contribution is 7.99. The van der Waals surface area contributed by atoms with Crippen LogP contribution < -0.4 is 5.32 Å². The molecule has 7 nitrogen and oxygen atoms in total. The Morgan fingerprint density at radius 1 is 1.26 bits per heavy atom. The minimum absolute atomic E-state index is 0.274. The Bertz CT molecular complexity index is 999. The summed E-state index contributed by atoms with van der Waals surface area (Å²) in [5.74, 6) is 2.19. The van der Waals surface area contributed by atoms with E-state index in [1.165, 1.54) is 17.3 Å². The predicted octanol–water partition coefficient (Wildman–Crippen LogP) is 2.26. The van der Waals surface area contributed by atoms with Gasteiger partial charge in [0.25, 0.3) is 0 Å². The molecule has 0 spiro atoms. The van der Waals surface area contributed by atoms with Crippen LogP contribution in [0.1, 0.15) is 29.0 Å². The molecule has 2 aliphatic rings. The van der Waals surface area contributed by atoms with Crippen molar-refractivity contribution in [1.29, 1.82) is 0 Å². The number of halogens is 1.